The molecule has 2 atom stereocenters. The molecule has 3 nitrogen and oxygen atoms in total. The number of aliphatic hydroxyl groups excluding tert-OH is 1. The maximum Gasteiger partial charge on any atom is 0.123 e. The van der Waals surface area contributed by atoms with Crippen LogP contribution in [0.5, 0.6) is 11.5 Å². The van der Waals surface area contributed by atoms with Crippen LogP contribution in [-0.4, -0.2) is 18.3 Å². The number of aliphatic hydroxyl groups is 1. The highest BCUT2D eigenvalue weighted by Crippen LogP contribution is 2.38. The Morgan fingerprint density at radius 2 is 1.95 bits per heavy atom. The van der Waals surface area contributed by atoms with Crippen LogP contribution in [-0.2, 0) is 6.42 Å². The molecule has 0 fully saturated rings. The van der Waals surface area contributed by atoms with Crippen LogP contribution in [0.3, 0.4) is 0 Å². The zero-order chi connectivity index (χ0) is 14.2. The lowest BCUT2D eigenvalue weighted by Crippen LogP contribution is -2.12. The van der Waals surface area contributed by atoms with Gasteiger partial charge >= 0.3 is 0 Å². The first-order chi connectivity index (χ1) is 10.3. The standard InChI is InChI=1S/C18H18O3/c19-16-9-8-15-14(16)5-3-7-18(15)21-11-12-10-20-17-6-2-1-4-13(12)17/h1-7,12,16,19H,8-11H2. The van der Waals surface area contributed by atoms with Crippen molar-refractivity contribution in [3.8, 4) is 11.5 Å². The molecule has 0 spiro atoms. The van der Waals surface area contributed by atoms with Crippen molar-refractivity contribution in [2.75, 3.05) is 13.2 Å². The van der Waals surface area contributed by atoms with Gasteiger partial charge in [-0.2, -0.15) is 0 Å². The third kappa shape index (κ3) is 2.18. The van der Waals surface area contributed by atoms with E-state index >= 15 is 0 Å². The van der Waals surface area contributed by atoms with Crippen molar-refractivity contribution in [3.05, 3.63) is 59.2 Å². The fourth-order valence-corrected chi connectivity index (χ4v) is 3.29. The summed E-state index contributed by atoms with van der Waals surface area (Å²) in [5, 5.41) is 9.94. The van der Waals surface area contributed by atoms with Gasteiger partial charge in [0.25, 0.3) is 0 Å². The molecule has 108 valence electrons. The smallest absolute Gasteiger partial charge is 0.123 e. The summed E-state index contributed by atoms with van der Waals surface area (Å²) in [6.45, 7) is 1.29. The van der Waals surface area contributed by atoms with Crippen molar-refractivity contribution >= 4 is 0 Å². The second kappa shape index (κ2) is 5.08. The van der Waals surface area contributed by atoms with Gasteiger partial charge in [-0.3, -0.25) is 0 Å². The minimum atomic E-state index is -0.334. The first-order valence-electron chi connectivity index (χ1n) is 7.47. The van der Waals surface area contributed by atoms with Crippen LogP contribution in [0.25, 0.3) is 0 Å². The fraction of sp³-hybridized carbons (Fsp3) is 0.333. The van der Waals surface area contributed by atoms with Crippen molar-refractivity contribution < 1.29 is 14.6 Å². The Hall–Kier alpha value is -2.00. The van der Waals surface area contributed by atoms with Crippen molar-refractivity contribution in [2.45, 2.75) is 24.9 Å². The molecule has 0 radical (unpaired) electrons. The van der Waals surface area contributed by atoms with Gasteiger partial charge in [-0.1, -0.05) is 30.3 Å². The Morgan fingerprint density at radius 3 is 2.90 bits per heavy atom. The van der Waals surface area contributed by atoms with Gasteiger partial charge in [-0.05, 0) is 30.5 Å². The van der Waals surface area contributed by atoms with Crippen molar-refractivity contribution in [2.24, 2.45) is 0 Å². The number of para-hydroxylation sites is 1. The van der Waals surface area contributed by atoms with Crippen LogP contribution in [0, 0.1) is 0 Å². The van der Waals surface area contributed by atoms with E-state index < -0.39 is 0 Å². The summed E-state index contributed by atoms with van der Waals surface area (Å²) in [6.07, 6.45) is 1.36. The summed E-state index contributed by atoms with van der Waals surface area (Å²) >= 11 is 0. The topological polar surface area (TPSA) is 38.7 Å². The van der Waals surface area contributed by atoms with Crippen molar-refractivity contribution in [1.82, 2.24) is 0 Å². The molecule has 1 aliphatic heterocycles. The van der Waals surface area contributed by atoms with E-state index in [1.165, 1.54) is 5.56 Å². The van der Waals surface area contributed by atoms with Crippen LogP contribution in [0.1, 0.15) is 35.1 Å². The second-order valence-corrected chi connectivity index (χ2v) is 5.74. The highest BCUT2D eigenvalue weighted by Gasteiger charge is 2.26. The Labute approximate surface area is 124 Å². The number of hydrogen-bond donors (Lipinski definition) is 1. The van der Waals surface area contributed by atoms with Gasteiger partial charge in [-0.25, -0.2) is 0 Å². The van der Waals surface area contributed by atoms with Gasteiger partial charge in [0.15, 0.2) is 0 Å². The third-order valence-electron chi connectivity index (χ3n) is 4.43. The molecule has 0 saturated carbocycles. The fourth-order valence-electron chi connectivity index (χ4n) is 3.29. The maximum absolute atomic E-state index is 9.94. The molecule has 0 saturated heterocycles. The van der Waals surface area contributed by atoms with Crippen LogP contribution >= 0.6 is 0 Å². The number of ether oxygens (including phenoxy) is 2. The minimum Gasteiger partial charge on any atom is -0.493 e. The lowest BCUT2D eigenvalue weighted by Gasteiger charge is -2.14. The van der Waals surface area contributed by atoms with Gasteiger partial charge in [-0.15, -0.1) is 0 Å². The molecule has 3 heteroatoms. The molecule has 2 aromatic carbocycles. The Bertz CT molecular complexity index is 665. The van der Waals surface area contributed by atoms with E-state index in [2.05, 4.69) is 6.07 Å². The molecule has 0 bridgehead atoms. The average molecular weight is 282 g/mol. The van der Waals surface area contributed by atoms with E-state index in [1.807, 2.05) is 36.4 Å². The number of hydrogen-bond acceptors (Lipinski definition) is 3. The van der Waals surface area contributed by atoms with Gasteiger partial charge in [0.1, 0.15) is 11.5 Å². The molecular formula is C18H18O3. The van der Waals surface area contributed by atoms with Crippen LogP contribution in [0.4, 0.5) is 0 Å². The zero-order valence-electron chi connectivity index (χ0n) is 11.8. The molecule has 4 rings (SSSR count). The number of benzene rings is 2. The zero-order valence-corrected chi connectivity index (χ0v) is 11.8. The van der Waals surface area contributed by atoms with E-state index in [-0.39, 0.29) is 12.0 Å². The van der Waals surface area contributed by atoms with Gasteiger partial charge in [0.2, 0.25) is 0 Å². The van der Waals surface area contributed by atoms with E-state index in [9.17, 15) is 5.11 Å². The van der Waals surface area contributed by atoms with E-state index in [1.54, 1.807) is 0 Å². The molecule has 2 aliphatic rings. The highest BCUT2D eigenvalue weighted by atomic mass is 16.5. The largest absolute Gasteiger partial charge is 0.493 e. The predicted molar refractivity (Wildman–Crippen MR) is 79.9 cm³/mol. The summed E-state index contributed by atoms with van der Waals surface area (Å²) < 4.78 is 11.7. The van der Waals surface area contributed by atoms with Crippen molar-refractivity contribution in [1.29, 1.82) is 0 Å². The normalized spacial score (nSPS) is 22.5. The highest BCUT2D eigenvalue weighted by molar-refractivity contribution is 5.45. The summed E-state index contributed by atoms with van der Waals surface area (Å²) in [5.41, 5.74) is 3.41. The molecular weight excluding hydrogens is 264 g/mol. The summed E-state index contributed by atoms with van der Waals surface area (Å²) in [6, 6.07) is 14.1. The molecule has 2 aromatic rings. The third-order valence-corrected chi connectivity index (χ3v) is 4.43. The number of fused-ring (bicyclic) bond motifs is 2. The second-order valence-electron chi connectivity index (χ2n) is 5.74. The maximum atomic E-state index is 9.94. The Morgan fingerprint density at radius 1 is 1.10 bits per heavy atom. The van der Waals surface area contributed by atoms with E-state index in [4.69, 9.17) is 9.47 Å². The van der Waals surface area contributed by atoms with Gasteiger partial charge in [0.05, 0.1) is 25.2 Å². The first kappa shape index (κ1) is 12.7. The first-order valence-corrected chi connectivity index (χ1v) is 7.47. The molecule has 0 aromatic heterocycles. The molecule has 1 N–H and O–H groups in total. The van der Waals surface area contributed by atoms with E-state index in [0.717, 1.165) is 35.5 Å². The molecule has 1 aliphatic carbocycles. The van der Waals surface area contributed by atoms with Crippen LogP contribution in [0.2, 0.25) is 0 Å². The summed E-state index contributed by atoms with van der Waals surface area (Å²) in [5.74, 6) is 2.16. The van der Waals surface area contributed by atoms with Gasteiger partial charge in [0, 0.05) is 11.1 Å². The SMILES string of the molecule is OC1CCc2c(OCC3COc4ccccc43)cccc21. The Kier molecular flexibility index (Phi) is 3.08. The minimum absolute atomic E-state index is 0.281. The van der Waals surface area contributed by atoms with E-state index in [0.29, 0.717) is 13.2 Å². The summed E-state index contributed by atoms with van der Waals surface area (Å²) in [7, 11) is 0. The quantitative estimate of drug-likeness (QED) is 0.939. The van der Waals surface area contributed by atoms with Crippen LogP contribution < -0.4 is 9.47 Å². The summed E-state index contributed by atoms with van der Waals surface area (Å²) in [4.78, 5) is 0. The lowest BCUT2D eigenvalue weighted by molar-refractivity contribution is 0.180. The molecule has 21 heavy (non-hydrogen) atoms. The predicted octanol–water partition coefficient (Wildman–Crippen LogP) is 3.22. The Balaban J connectivity index is 1.52. The van der Waals surface area contributed by atoms with Crippen molar-refractivity contribution in [3.63, 3.8) is 0 Å². The molecule has 1 heterocycles. The van der Waals surface area contributed by atoms with Gasteiger partial charge < -0.3 is 14.6 Å². The molecule has 0 amide bonds. The molecule has 2 unspecified atom stereocenters. The monoisotopic (exact) mass is 282 g/mol. The lowest BCUT2D eigenvalue weighted by atomic mass is 10.0. The van der Waals surface area contributed by atoms with Crippen LogP contribution in [0.15, 0.2) is 42.5 Å². The number of rotatable bonds is 3. The average Bonchev–Trinajstić information content (AvgIpc) is 3.10.